The van der Waals surface area contributed by atoms with E-state index in [-0.39, 0.29) is 11.7 Å². The molecule has 7 heteroatoms. The second-order valence-corrected chi connectivity index (χ2v) is 7.19. The maximum Gasteiger partial charge on any atom is 0.262 e. The molecule has 1 aliphatic heterocycles. The molecule has 1 heterocycles. The summed E-state index contributed by atoms with van der Waals surface area (Å²) in [4.78, 5) is 26.1. The van der Waals surface area contributed by atoms with Crippen molar-refractivity contribution < 1.29 is 28.5 Å². The molecule has 0 saturated heterocycles. The molecular weight excluding hydrogens is 398 g/mol. The number of carbonyl (C=O) groups is 2. The number of carbonyl (C=O) groups excluding carboxylic acids is 2. The number of nitrogens with zero attached hydrogens (tertiary/aromatic N) is 1. The average Bonchev–Trinajstić information content (AvgIpc) is 2.78. The lowest BCUT2D eigenvalue weighted by Crippen LogP contribution is -2.35. The number of fused-ring (bicyclic) bond motifs is 1. The van der Waals surface area contributed by atoms with Gasteiger partial charge in [-0.05, 0) is 55.8 Å². The lowest BCUT2D eigenvalue weighted by molar-refractivity contribution is -0.135. The summed E-state index contributed by atoms with van der Waals surface area (Å²) in [5.74, 6) is 1.91. The first-order valence-corrected chi connectivity index (χ1v) is 10.2. The molecule has 164 valence electrons. The minimum absolute atomic E-state index is 0.142. The Labute approximate surface area is 182 Å². The Bertz CT molecular complexity index is 982. The third kappa shape index (κ3) is 5.57. The van der Waals surface area contributed by atoms with Gasteiger partial charge in [-0.25, -0.2) is 0 Å². The van der Waals surface area contributed by atoms with Crippen LogP contribution in [0.15, 0.2) is 42.5 Å². The van der Waals surface area contributed by atoms with Crippen LogP contribution < -0.4 is 18.9 Å². The quantitative estimate of drug-likeness (QED) is 0.475. The van der Waals surface area contributed by atoms with Gasteiger partial charge in [0.25, 0.3) is 5.91 Å². The van der Waals surface area contributed by atoms with Crippen LogP contribution in [0, 0.1) is 0 Å². The Morgan fingerprint density at radius 1 is 1.06 bits per heavy atom. The van der Waals surface area contributed by atoms with Crippen LogP contribution in [0.1, 0.15) is 29.8 Å². The van der Waals surface area contributed by atoms with Crippen molar-refractivity contribution in [1.29, 1.82) is 0 Å². The second-order valence-electron chi connectivity index (χ2n) is 7.19. The van der Waals surface area contributed by atoms with Crippen LogP contribution in [0.25, 0.3) is 6.08 Å². The highest BCUT2D eigenvalue weighted by Gasteiger charge is 2.19. The average molecular weight is 425 g/mol. The zero-order valence-corrected chi connectivity index (χ0v) is 18.2. The summed E-state index contributed by atoms with van der Waals surface area (Å²) in [6.45, 7) is 4.97. The number of ketones is 1. The fraction of sp³-hybridized carbons (Fsp3) is 0.333. The van der Waals surface area contributed by atoms with E-state index in [0.717, 1.165) is 5.56 Å². The van der Waals surface area contributed by atoms with E-state index < -0.39 is 6.10 Å². The molecule has 0 unspecified atom stereocenters. The van der Waals surface area contributed by atoms with E-state index in [1.165, 1.54) is 11.0 Å². The fourth-order valence-electron chi connectivity index (χ4n) is 3.06. The molecule has 0 spiro atoms. The smallest absolute Gasteiger partial charge is 0.262 e. The molecule has 1 aliphatic rings. The van der Waals surface area contributed by atoms with E-state index in [2.05, 4.69) is 0 Å². The SMILES string of the molecule is CCOc1cc(/C=C/C(=O)c2ccc3c(c2)OCCO3)ccc1O[C@H](C)C(=O)N(C)C. The predicted octanol–water partition coefficient (Wildman–Crippen LogP) is 3.61. The molecular formula is C24H27NO6. The van der Waals surface area contributed by atoms with Crippen molar-refractivity contribution in [1.82, 2.24) is 4.90 Å². The molecule has 0 aliphatic carbocycles. The number of hydrogen-bond acceptors (Lipinski definition) is 6. The van der Waals surface area contributed by atoms with E-state index in [1.54, 1.807) is 63.5 Å². The molecule has 0 radical (unpaired) electrons. The van der Waals surface area contributed by atoms with Crippen LogP contribution >= 0.6 is 0 Å². The van der Waals surface area contributed by atoms with Gasteiger partial charge in [0.15, 0.2) is 34.9 Å². The Hall–Kier alpha value is -3.48. The van der Waals surface area contributed by atoms with E-state index >= 15 is 0 Å². The van der Waals surface area contributed by atoms with Gasteiger partial charge in [-0.3, -0.25) is 9.59 Å². The Kier molecular flexibility index (Phi) is 7.18. The highest BCUT2D eigenvalue weighted by atomic mass is 16.6. The highest BCUT2D eigenvalue weighted by Crippen LogP contribution is 2.32. The summed E-state index contributed by atoms with van der Waals surface area (Å²) >= 11 is 0. The molecule has 0 bridgehead atoms. The summed E-state index contributed by atoms with van der Waals surface area (Å²) in [6, 6.07) is 10.5. The lowest BCUT2D eigenvalue weighted by atomic mass is 10.1. The van der Waals surface area contributed by atoms with Crippen LogP contribution in [0.2, 0.25) is 0 Å². The maximum absolute atomic E-state index is 12.6. The molecule has 0 N–H and O–H groups in total. The van der Waals surface area contributed by atoms with Gasteiger partial charge >= 0.3 is 0 Å². The standard InChI is InChI=1S/C24H27NO6/c1-5-28-22-14-17(7-10-21(22)31-16(2)24(27)25(3)4)6-9-19(26)18-8-11-20-23(15-18)30-13-12-29-20/h6-11,14-16H,5,12-13H2,1-4H3/b9-6+/t16-/m1/s1. The molecule has 0 fully saturated rings. The molecule has 0 saturated carbocycles. The Balaban J connectivity index is 1.75. The summed E-state index contributed by atoms with van der Waals surface area (Å²) < 4.78 is 22.5. The largest absolute Gasteiger partial charge is 0.490 e. The minimum atomic E-state index is -0.646. The van der Waals surface area contributed by atoms with E-state index in [1.807, 2.05) is 6.92 Å². The van der Waals surface area contributed by atoms with Gasteiger partial charge in [0.1, 0.15) is 13.2 Å². The van der Waals surface area contributed by atoms with Gasteiger partial charge in [-0.1, -0.05) is 12.1 Å². The van der Waals surface area contributed by atoms with Crippen LogP contribution in [-0.4, -0.2) is 56.6 Å². The van der Waals surface area contributed by atoms with Gasteiger partial charge in [0.05, 0.1) is 6.61 Å². The van der Waals surface area contributed by atoms with Crippen molar-refractivity contribution in [2.45, 2.75) is 20.0 Å². The van der Waals surface area contributed by atoms with Crippen molar-refractivity contribution in [3.8, 4) is 23.0 Å². The molecule has 7 nitrogen and oxygen atoms in total. The normalized spacial score (nSPS) is 13.5. The molecule has 0 aromatic heterocycles. The summed E-state index contributed by atoms with van der Waals surface area (Å²) in [5.41, 5.74) is 1.29. The van der Waals surface area contributed by atoms with Crippen molar-refractivity contribution in [3.63, 3.8) is 0 Å². The first-order valence-electron chi connectivity index (χ1n) is 10.2. The van der Waals surface area contributed by atoms with Crippen molar-refractivity contribution in [2.75, 3.05) is 33.9 Å². The molecule has 3 rings (SSSR count). The van der Waals surface area contributed by atoms with Crippen molar-refractivity contribution in [3.05, 3.63) is 53.6 Å². The number of rotatable bonds is 8. The van der Waals surface area contributed by atoms with Crippen LogP contribution in [0.4, 0.5) is 0 Å². The molecule has 2 aromatic carbocycles. The number of allylic oxidation sites excluding steroid dienone is 1. The van der Waals surface area contributed by atoms with Crippen molar-refractivity contribution in [2.24, 2.45) is 0 Å². The highest BCUT2D eigenvalue weighted by molar-refractivity contribution is 6.07. The van der Waals surface area contributed by atoms with Gasteiger partial charge in [-0.2, -0.15) is 0 Å². The van der Waals surface area contributed by atoms with E-state index in [9.17, 15) is 9.59 Å². The summed E-state index contributed by atoms with van der Waals surface area (Å²) in [5, 5.41) is 0. The zero-order valence-electron chi connectivity index (χ0n) is 18.2. The van der Waals surface area contributed by atoms with Crippen LogP contribution in [0.5, 0.6) is 23.0 Å². The fourth-order valence-corrected chi connectivity index (χ4v) is 3.06. The third-order valence-electron chi connectivity index (χ3n) is 4.61. The van der Waals surface area contributed by atoms with E-state index in [4.69, 9.17) is 18.9 Å². The minimum Gasteiger partial charge on any atom is -0.490 e. The second kappa shape index (κ2) is 10.0. The van der Waals surface area contributed by atoms with Gasteiger partial charge in [-0.15, -0.1) is 0 Å². The van der Waals surface area contributed by atoms with Crippen LogP contribution in [-0.2, 0) is 4.79 Å². The lowest BCUT2D eigenvalue weighted by Gasteiger charge is -2.20. The summed E-state index contributed by atoms with van der Waals surface area (Å²) in [7, 11) is 3.36. The summed E-state index contributed by atoms with van der Waals surface area (Å²) in [6.07, 6.45) is 2.56. The molecule has 2 aromatic rings. The number of amides is 1. The van der Waals surface area contributed by atoms with Crippen molar-refractivity contribution >= 4 is 17.8 Å². The van der Waals surface area contributed by atoms with Gasteiger partial charge in [0, 0.05) is 19.7 Å². The predicted molar refractivity (Wildman–Crippen MR) is 117 cm³/mol. The monoisotopic (exact) mass is 425 g/mol. The van der Waals surface area contributed by atoms with E-state index in [0.29, 0.717) is 48.4 Å². The van der Waals surface area contributed by atoms with Gasteiger partial charge < -0.3 is 23.8 Å². The Morgan fingerprint density at radius 3 is 2.52 bits per heavy atom. The number of likely N-dealkylation sites (N-methyl/N-ethyl adjacent to an activating group) is 1. The third-order valence-corrected chi connectivity index (χ3v) is 4.61. The first kappa shape index (κ1) is 22.2. The zero-order chi connectivity index (χ0) is 22.4. The molecule has 1 atom stereocenters. The maximum atomic E-state index is 12.6. The molecule has 1 amide bonds. The number of benzene rings is 2. The first-order chi connectivity index (χ1) is 14.9. The number of hydrogen-bond donors (Lipinski definition) is 0. The number of ether oxygens (including phenoxy) is 4. The molecule has 31 heavy (non-hydrogen) atoms. The van der Waals surface area contributed by atoms with Gasteiger partial charge in [0.2, 0.25) is 0 Å². The topological polar surface area (TPSA) is 74.3 Å². The Morgan fingerprint density at radius 2 is 1.81 bits per heavy atom. The van der Waals surface area contributed by atoms with Crippen LogP contribution in [0.3, 0.4) is 0 Å².